The largest absolute Gasteiger partial charge is 0.322 e. The zero-order valence-corrected chi connectivity index (χ0v) is 19.6. The van der Waals surface area contributed by atoms with Gasteiger partial charge in [-0.3, -0.25) is 14.5 Å². The van der Waals surface area contributed by atoms with E-state index in [2.05, 4.69) is 15.0 Å². The summed E-state index contributed by atoms with van der Waals surface area (Å²) in [4.78, 5) is 31.1. The smallest absolute Gasteiger partial charge is 0.316 e. The van der Waals surface area contributed by atoms with Gasteiger partial charge in [0, 0.05) is 43.3 Å². The van der Waals surface area contributed by atoms with Crippen LogP contribution in [0.25, 0.3) is 0 Å². The molecule has 2 N–H and O–H groups in total. The second-order valence-corrected chi connectivity index (χ2v) is 11.8. The molecule has 0 spiro atoms. The van der Waals surface area contributed by atoms with Gasteiger partial charge in [-0.05, 0) is 65.6 Å². The standard InChI is InChI=1S/C24H28N4O4S/c1-23(2)18-7-9-24(23,21(29)11-18)15-33(31,32)27-20-5-3-19(4-6-20)26-22(30)28-13-16-8-10-25-12-17(16)14-28/h3-6,8,10,12,18,27H,7,9,11,13-15H2,1-2H3,(H,26,30)/t18-,24-/m1/s1. The van der Waals surface area contributed by atoms with E-state index in [0.717, 1.165) is 17.5 Å². The van der Waals surface area contributed by atoms with E-state index in [-0.39, 0.29) is 28.9 Å². The molecule has 33 heavy (non-hydrogen) atoms. The molecule has 1 aromatic carbocycles. The van der Waals surface area contributed by atoms with Crippen molar-refractivity contribution < 1.29 is 18.0 Å². The molecule has 3 aliphatic rings. The van der Waals surface area contributed by atoms with Gasteiger partial charge in [-0.25, -0.2) is 13.2 Å². The molecule has 174 valence electrons. The molecule has 9 heteroatoms. The maximum atomic E-state index is 13.0. The second-order valence-electron chi connectivity index (χ2n) is 10.0. The maximum Gasteiger partial charge on any atom is 0.322 e. The third kappa shape index (κ3) is 3.68. The minimum absolute atomic E-state index is 0.0760. The third-order valence-corrected chi connectivity index (χ3v) is 9.42. The van der Waals surface area contributed by atoms with E-state index in [1.807, 2.05) is 19.9 Å². The molecule has 2 saturated carbocycles. The number of pyridine rings is 1. The van der Waals surface area contributed by atoms with Crippen LogP contribution in [0.1, 0.15) is 44.2 Å². The Morgan fingerprint density at radius 1 is 1.12 bits per heavy atom. The first-order valence-corrected chi connectivity index (χ1v) is 12.9. The number of fused-ring (bicyclic) bond motifs is 3. The van der Waals surface area contributed by atoms with E-state index >= 15 is 0 Å². The molecule has 1 aliphatic heterocycles. The first kappa shape index (κ1) is 21.9. The Morgan fingerprint density at radius 2 is 1.82 bits per heavy atom. The number of amides is 2. The maximum absolute atomic E-state index is 13.0. The summed E-state index contributed by atoms with van der Waals surface area (Å²) >= 11 is 0. The molecule has 0 unspecified atom stereocenters. The van der Waals surface area contributed by atoms with Crippen molar-refractivity contribution in [2.45, 2.75) is 46.2 Å². The monoisotopic (exact) mass is 468 g/mol. The number of nitrogens with one attached hydrogen (secondary N) is 2. The number of anilines is 2. The van der Waals surface area contributed by atoms with Gasteiger partial charge in [-0.2, -0.15) is 0 Å². The fourth-order valence-electron chi connectivity index (χ4n) is 5.84. The Hall–Kier alpha value is -2.94. The zero-order valence-electron chi connectivity index (χ0n) is 18.8. The number of carbonyl (C=O) groups is 2. The van der Waals surface area contributed by atoms with Crippen molar-refractivity contribution in [1.82, 2.24) is 9.88 Å². The summed E-state index contributed by atoms with van der Waals surface area (Å²) in [6.45, 7) is 5.08. The van der Waals surface area contributed by atoms with Crippen molar-refractivity contribution in [3.63, 3.8) is 0 Å². The zero-order chi connectivity index (χ0) is 23.4. The molecule has 0 saturated heterocycles. The fourth-order valence-corrected chi connectivity index (χ4v) is 7.73. The minimum atomic E-state index is -3.72. The topological polar surface area (TPSA) is 108 Å². The predicted octanol–water partition coefficient (Wildman–Crippen LogP) is 3.77. The van der Waals surface area contributed by atoms with Crippen molar-refractivity contribution in [2.75, 3.05) is 15.8 Å². The van der Waals surface area contributed by atoms with Crippen LogP contribution in [0.5, 0.6) is 0 Å². The molecule has 1 aromatic heterocycles. The van der Waals surface area contributed by atoms with Gasteiger partial charge in [-0.15, -0.1) is 0 Å². The highest BCUT2D eigenvalue weighted by Crippen LogP contribution is 2.64. The lowest BCUT2D eigenvalue weighted by molar-refractivity contribution is -0.128. The van der Waals surface area contributed by atoms with E-state index in [9.17, 15) is 18.0 Å². The second kappa shape index (κ2) is 7.55. The van der Waals surface area contributed by atoms with Crippen LogP contribution in [0, 0.1) is 16.7 Å². The number of urea groups is 1. The van der Waals surface area contributed by atoms with Gasteiger partial charge in [-0.1, -0.05) is 13.8 Å². The molecule has 8 nitrogen and oxygen atoms in total. The molecule has 5 rings (SSSR count). The molecule has 0 radical (unpaired) electrons. The van der Waals surface area contributed by atoms with Gasteiger partial charge in [0.25, 0.3) is 0 Å². The molecular weight excluding hydrogens is 440 g/mol. The van der Waals surface area contributed by atoms with E-state index in [0.29, 0.717) is 37.3 Å². The average Bonchev–Trinajstić information content (AvgIpc) is 3.35. The van der Waals surface area contributed by atoms with Crippen LogP contribution in [0.4, 0.5) is 16.2 Å². The molecule has 2 bridgehead atoms. The molecule has 2 amide bonds. The van der Waals surface area contributed by atoms with Gasteiger partial charge >= 0.3 is 6.03 Å². The molecule has 2 atom stereocenters. The average molecular weight is 469 g/mol. The van der Waals surface area contributed by atoms with Crippen molar-refractivity contribution in [3.8, 4) is 0 Å². The van der Waals surface area contributed by atoms with Crippen molar-refractivity contribution in [1.29, 1.82) is 0 Å². The van der Waals surface area contributed by atoms with Crippen LogP contribution in [0.2, 0.25) is 0 Å². The normalized spacial score (nSPS) is 25.2. The highest BCUT2D eigenvalue weighted by Gasteiger charge is 2.65. The summed E-state index contributed by atoms with van der Waals surface area (Å²) < 4.78 is 28.6. The number of hydrogen-bond acceptors (Lipinski definition) is 5. The summed E-state index contributed by atoms with van der Waals surface area (Å²) in [5, 5.41) is 2.85. The van der Waals surface area contributed by atoms with E-state index < -0.39 is 15.4 Å². The lowest BCUT2D eigenvalue weighted by Gasteiger charge is -2.36. The van der Waals surface area contributed by atoms with E-state index in [4.69, 9.17) is 0 Å². The Balaban J connectivity index is 1.22. The molecule has 2 aromatic rings. The minimum Gasteiger partial charge on any atom is -0.316 e. The van der Waals surface area contributed by atoms with Gasteiger partial charge in [0.15, 0.2) is 0 Å². The number of Topliss-reactive ketones (excluding diaryl/α,β-unsaturated/α-hetero) is 1. The lowest BCUT2D eigenvalue weighted by Crippen LogP contribution is -2.43. The summed E-state index contributed by atoms with van der Waals surface area (Å²) in [5.74, 6) is 0.153. The van der Waals surface area contributed by atoms with Crippen LogP contribution >= 0.6 is 0 Å². The highest BCUT2D eigenvalue weighted by atomic mass is 32.2. The van der Waals surface area contributed by atoms with E-state index in [1.165, 1.54) is 0 Å². The summed E-state index contributed by atoms with van der Waals surface area (Å²) in [6, 6.07) is 8.24. The number of nitrogens with zero attached hydrogens (tertiary/aromatic N) is 2. The Morgan fingerprint density at radius 3 is 2.45 bits per heavy atom. The Bertz CT molecular complexity index is 1200. The van der Waals surface area contributed by atoms with E-state index in [1.54, 1.807) is 41.6 Å². The van der Waals surface area contributed by atoms with Gasteiger partial charge in [0.1, 0.15) is 5.78 Å². The van der Waals surface area contributed by atoms with Gasteiger partial charge < -0.3 is 10.2 Å². The van der Waals surface area contributed by atoms with Crippen LogP contribution in [0.3, 0.4) is 0 Å². The van der Waals surface area contributed by atoms with Crippen molar-refractivity contribution in [2.24, 2.45) is 16.7 Å². The van der Waals surface area contributed by atoms with Crippen LogP contribution in [0.15, 0.2) is 42.7 Å². The SMILES string of the molecule is CC1(C)[C@@H]2CC[C@@]1(CS(=O)(=O)Nc1ccc(NC(=O)N3Cc4ccncc4C3)cc1)C(=O)C2. The molecule has 2 fully saturated rings. The predicted molar refractivity (Wildman–Crippen MR) is 125 cm³/mol. The Labute approximate surface area is 193 Å². The van der Waals surface area contributed by atoms with Gasteiger partial charge in [0.05, 0.1) is 11.2 Å². The molecule has 2 aliphatic carbocycles. The number of ketones is 1. The quantitative estimate of drug-likeness (QED) is 0.694. The highest BCUT2D eigenvalue weighted by molar-refractivity contribution is 7.92. The van der Waals surface area contributed by atoms with Crippen molar-refractivity contribution in [3.05, 3.63) is 53.9 Å². The number of sulfonamides is 1. The number of rotatable bonds is 5. The van der Waals surface area contributed by atoms with Crippen LogP contribution < -0.4 is 10.0 Å². The molecular formula is C24H28N4O4S. The first-order valence-electron chi connectivity index (χ1n) is 11.2. The van der Waals surface area contributed by atoms with Crippen LogP contribution in [-0.2, 0) is 27.9 Å². The van der Waals surface area contributed by atoms with Gasteiger partial charge in [0.2, 0.25) is 10.0 Å². The summed E-state index contributed by atoms with van der Waals surface area (Å²) in [6.07, 6.45) is 5.51. The summed E-state index contributed by atoms with van der Waals surface area (Å²) in [5.41, 5.74) is 1.98. The fraction of sp³-hybridized carbons (Fsp3) is 0.458. The number of hydrogen-bond donors (Lipinski definition) is 2. The number of aromatic nitrogens is 1. The molecule has 2 heterocycles. The lowest BCUT2D eigenvalue weighted by atomic mass is 9.70. The number of carbonyl (C=O) groups excluding carboxylic acids is 2. The first-order chi connectivity index (χ1) is 15.6. The van der Waals surface area contributed by atoms with Crippen molar-refractivity contribution >= 4 is 33.2 Å². The Kier molecular flexibility index (Phi) is 5.00. The third-order valence-electron chi connectivity index (χ3n) is 8.00. The van der Waals surface area contributed by atoms with Crippen LogP contribution in [-0.4, -0.2) is 35.9 Å². The summed E-state index contributed by atoms with van der Waals surface area (Å²) in [7, 11) is -3.72. The number of benzene rings is 1.